The summed E-state index contributed by atoms with van der Waals surface area (Å²) in [5, 5.41) is 4.30. The third kappa shape index (κ3) is 4.42. The lowest BCUT2D eigenvalue weighted by Crippen LogP contribution is -2.37. The van der Waals surface area contributed by atoms with Crippen LogP contribution in [0.4, 0.5) is 14.6 Å². The molecule has 2 aliphatic heterocycles. The molecule has 2 aromatic heterocycles. The molecular formula is C25H26F2N6O. The first-order valence-electron chi connectivity index (χ1n) is 11.4. The van der Waals surface area contributed by atoms with E-state index < -0.39 is 11.6 Å². The van der Waals surface area contributed by atoms with Crippen molar-refractivity contribution in [1.82, 2.24) is 24.6 Å². The summed E-state index contributed by atoms with van der Waals surface area (Å²) in [6, 6.07) is 3.67. The van der Waals surface area contributed by atoms with Gasteiger partial charge in [0.1, 0.15) is 17.3 Å². The van der Waals surface area contributed by atoms with Gasteiger partial charge < -0.3 is 9.80 Å². The Morgan fingerprint density at radius 3 is 2.53 bits per heavy atom. The van der Waals surface area contributed by atoms with Crippen molar-refractivity contribution in [2.45, 2.75) is 32.7 Å². The van der Waals surface area contributed by atoms with Crippen molar-refractivity contribution in [2.75, 3.05) is 24.5 Å². The van der Waals surface area contributed by atoms with E-state index in [0.717, 1.165) is 66.0 Å². The van der Waals surface area contributed by atoms with Crippen LogP contribution in [-0.2, 0) is 24.8 Å². The van der Waals surface area contributed by atoms with Crippen LogP contribution in [0.1, 0.15) is 36.7 Å². The highest BCUT2D eigenvalue weighted by Gasteiger charge is 2.27. The van der Waals surface area contributed by atoms with E-state index in [1.54, 1.807) is 22.7 Å². The van der Waals surface area contributed by atoms with E-state index in [9.17, 15) is 13.6 Å². The zero-order valence-corrected chi connectivity index (χ0v) is 19.3. The van der Waals surface area contributed by atoms with Gasteiger partial charge in [0.25, 0.3) is 0 Å². The van der Waals surface area contributed by atoms with E-state index in [1.807, 2.05) is 19.3 Å². The van der Waals surface area contributed by atoms with Crippen LogP contribution in [0, 0.1) is 11.6 Å². The molecule has 1 fully saturated rings. The third-order valence-electron chi connectivity index (χ3n) is 6.44. The smallest absolute Gasteiger partial charge is 0.219 e. The van der Waals surface area contributed by atoms with E-state index in [1.165, 1.54) is 12.1 Å². The van der Waals surface area contributed by atoms with Crippen molar-refractivity contribution in [3.63, 3.8) is 0 Å². The Morgan fingerprint density at radius 2 is 1.85 bits per heavy atom. The number of carbonyl (C=O) groups is 1. The van der Waals surface area contributed by atoms with Crippen LogP contribution >= 0.6 is 0 Å². The standard InChI is InChI=1S/C25H26F2N6O/c1-16(34)33-10-7-22-23(15-33)29-24(19-13-28-31(2)14-19)25(30-22)32-8-5-17(6-9-32)11-18-3-4-20(26)12-21(18)27/h3-4,11-14H,5-10,15H2,1-2H3. The molecule has 0 unspecified atom stereocenters. The number of halogens is 2. The molecule has 0 atom stereocenters. The van der Waals surface area contributed by atoms with Gasteiger partial charge in [-0.1, -0.05) is 11.6 Å². The highest BCUT2D eigenvalue weighted by atomic mass is 19.1. The number of aromatic nitrogens is 4. The molecule has 9 heteroatoms. The lowest BCUT2D eigenvalue weighted by Gasteiger charge is -2.33. The van der Waals surface area contributed by atoms with Crippen LogP contribution in [-0.4, -0.2) is 50.2 Å². The number of fused-ring (bicyclic) bond motifs is 1. The largest absolute Gasteiger partial charge is 0.354 e. The Balaban J connectivity index is 1.43. The molecule has 0 saturated carbocycles. The number of anilines is 1. The quantitative estimate of drug-likeness (QED) is 0.591. The number of hydrogen-bond acceptors (Lipinski definition) is 5. The van der Waals surface area contributed by atoms with Gasteiger partial charge in [0.2, 0.25) is 5.91 Å². The van der Waals surface area contributed by atoms with E-state index in [0.29, 0.717) is 25.1 Å². The van der Waals surface area contributed by atoms with Gasteiger partial charge in [0.15, 0.2) is 5.82 Å². The molecule has 4 heterocycles. The molecule has 5 rings (SSSR count). The fourth-order valence-corrected chi connectivity index (χ4v) is 4.54. The summed E-state index contributed by atoms with van der Waals surface area (Å²) in [6.07, 6.45) is 7.69. The Bertz CT molecular complexity index is 1270. The van der Waals surface area contributed by atoms with Gasteiger partial charge in [-0.05, 0) is 25.0 Å². The number of piperidine rings is 1. The van der Waals surface area contributed by atoms with Crippen molar-refractivity contribution >= 4 is 17.8 Å². The van der Waals surface area contributed by atoms with Gasteiger partial charge in [-0.25, -0.2) is 18.7 Å². The number of hydrogen-bond donors (Lipinski definition) is 0. The van der Waals surface area contributed by atoms with E-state index in [2.05, 4.69) is 10.00 Å². The predicted molar refractivity (Wildman–Crippen MR) is 125 cm³/mol. The third-order valence-corrected chi connectivity index (χ3v) is 6.44. The molecule has 1 amide bonds. The van der Waals surface area contributed by atoms with Gasteiger partial charge in [-0.15, -0.1) is 0 Å². The first-order chi connectivity index (χ1) is 16.4. The Hall–Kier alpha value is -3.62. The van der Waals surface area contributed by atoms with Gasteiger partial charge >= 0.3 is 0 Å². The molecular weight excluding hydrogens is 438 g/mol. The molecule has 34 heavy (non-hydrogen) atoms. The minimum Gasteiger partial charge on any atom is -0.354 e. The fraction of sp³-hybridized carbons (Fsp3) is 0.360. The summed E-state index contributed by atoms with van der Waals surface area (Å²) >= 11 is 0. The maximum absolute atomic E-state index is 14.1. The van der Waals surface area contributed by atoms with Gasteiger partial charge in [-0.2, -0.15) is 5.10 Å². The summed E-state index contributed by atoms with van der Waals surface area (Å²) in [7, 11) is 1.86. The monoisotopic (exact) mass is 464 g/mol. The normalized spacial score (nSPS) is 15.9. The molecule has 0 N–H and O–H groups in total. The van der Waals surface area contributed by atoms with Gasteiger partial charge in [-0.3, -0.25) is 9.48 Å². The van der Waals surface area contributed by atoms with Crippen LogP contribution < -0.4 is 4.90 Å². The molecule has 0 radical (unpaired) electrons. The maximum atomic E-state index is 14.1. The van der Waals surface area contributed by atoms with Crippen LogP contribution in [0.5, 0.6) is 0 Å². The average molecular weight is 465 g/mol. The second-order valence-corrected chi connectivity index (χ2v) is 8.84. The number of rotatable bonds is 3. The number of carbonyl (C=O) groups excluding carboxylic acids is 1. The van der Waals surface area contributed by atoms with Gasteiger partial charge in [0.05, 0.1) is 24.1 Å². The van der Waals surface area contributed by atoms with Crippen LogP contribution in [0.3, 0.4) is 0 Å². The molecule has 0 aliphatic carbocycles. The molecule has 0 spiro atoms. The van der Waals surface area contributed by atoms with Gasteiger partial charge in [0, 0.05) is 63.4 Å². The van der Waals surface area contributed by atoms with Crippen molar-refractivity contribution in [3.8, 4) is 11.3 Å². The SMILES string of the molecule is CC(=O)N1CCc2nc(N3CCC(=Cc4ccc(F)cc4F)CC3)c(-c3cnn(C)c3)nc2C1. The molecule has 7 nitrogen and oxygen atoms in total. The molecule has 176 valence electrons. The Labute approximate surface area is 196 Å². The van der Waals surface area contributed by atoms with Crippen molar-refractivity contribution in [2.24, 2.45) is 7.05 Å². The van der Waals surface area contributed by atoms with Crippen molar-refractivity contribution in [3.05, 3.63) is 64.8 Å². The lowest BCUT2D eigenvalue weighted by atomic mass is 10.00. The molecule has 0 bridgehead atoms. The Morgan fingerprint density at radius 1 is 1.06 bits per heavy atom. The molecule has 2 aliphatic rings. The Kier molecular flexibility index (Phi) is 5.85. The average Bonchev–Trinajstić information content (AvgIpc) is 3.26. The predicted octanol–water partition coefficient (Wildman–Crippen LogP) is 3.74. The van der Waals surface area contributed by atoms with E-state index in [4.69, 9.17) is 9.97 Å². The summed E-state index contributed by atoms with van der Waals surface area (Å²) in [4.78, 5) is 25.9. The first kappa shape index (κ1) is 22.2. The number of benzene rings is 1. The molecule has 3 aromatic rings. The zero-order chi connectivity index (χ0) is 23.8. The summed E-state index contributed by atoms with van der Waals surface area (Å²) in [5.41, 5.74) is 4.91. The second kappa shape index (κ2) is 8.96. The highest BCUT2D eigenvalue weighted by molar-refractivity contribution is 5.74. The summed E-state index contributed by atoms with van der Waals surface area (Å²) in [6.45, 7) is 4.11. The van der Waals surface area contributed by atoms with Crippen LogP contribution in [0.15, 0.2) is 36.2 Å². The van der Waals surface area contributed by atoms with Crippen LogP contribution in [0.25, 0.3) is 17.3 Å². The van der Waals surface area contributed by atoms with Crippen molar-refractivity contribution < 1.29 is 13.6 Å². The second-order valence-electron chi connectivity index (χ2n) is 8.84. The van der Waals surface area contributed by atoms with E-state index in [-0.39, 0.29) is 5.91 Å². The number of nitrogens with zero attached hydrogens (tertiary/aromatic N) is 6. The minimum atomic E-state index is -0.574. The number of aryl methyl sites for hydroxylation is 1. The summed E-state index contributed by atoms with van der Waals surface area (Å²) < 4.78 is 29.0. The topological polar surface area (TPSA) is 67.2 Å². The first-order valence-corrected chi connectivity index (χ1v) is 11.4. The highest BCUT2D eigenvalue weighted by Crippen LogP contribution is 2.33. The maximum Gasteiger partial charge on any atom is 0.219 e. The van der Waals surface area contributed by atoms with Crippen molar-refractivity contribution in [1.29, 1.82) is 0 Å². The van der Waals surface area contributed by atoms with E-state index >= 15 is 0 Å². The summed E-state index contributed by atoms with van der Waals surface area (Å²) in [5.74, 6) is -0.272. The number of amides is 1. The van der Waals surface area contributed by atoms with Crippen LogP contribution in [0.2, 0.25) is 0 Å². The molecule has 1 saturated heterocycles. The lowest BCUT2D eigenvalue weighted by molar-refractivity contribution is -0.129. The zero-order valence-electron chi connectivity index (χ0n) is 19.3. The molecule has 1 aromatic carbocycles. The minimum absolute atomic E-state index is 0.0346. The fourth-order valence-electron chi connectivity index (χ4n) is 4.54.